The third-order valence-electron chi connectivity index (χ3n) is 4.25. The average Bonchev–Trinajstić information content (AvgIpc) is 2.56. The van der Waals surface area contributed by atoms with Crippen LogP contribution in [0.15, 0.2) is 12.3 Å². The summed E-state index contributed by atoms with van der Waals surface area (Å²) in [6, 6.07) is 1.82. The normalized spacial score (nSPS) is 18.3. The lowest BCUT2D eigenvalue weighted by Gasteiger charge is -2.31. The molecule has 1 aliphatic heterocycles. The van der Waals surface area contributed by atoms with Crippen LogP contribution in [0.1, 0.15) is 36.1 Å². The monoisotopic (exact) mass is 364 g/mol. The summed E-state index contributed by atoms with van der Waals surface area (Å²) in [5.74, 6) is 1.90. The second-order valence-corrected chi connectivity index (χ2v) is 6.01. The molecule has 26 heavy (non-hydrogen) atoms. The maximum Gasteiger partial charge on any atom is 0.221 e. The van der Waals surface area contributed by atoms with Crippen molar-refractivity contribution in [3.63, 3.8) is 0 Å². The van der Waals surface area contributed by atoms with Crippen molar-refractivity contribution in [2.24, 2.45) is 0 Å². The maximum absolute atomic E-state index is 10.6. The van der Waals surface area contributed by atoms with Crippen molar-refractivity contribution in [1.82, 2.24) is 9.97 Å². The summed E-state index contributed by atoms with van der Waals surface area (Å²) in [7, 11) is 3.09. The number of aliphatic hydroxyl groups is 1. The second kappa shape index (κ2) is 7.63. The minimum atomic E-state index is -0.676. The number of nitrogens with two attached hydrogens (primary N) is 2. The van der Waals surface area contributed by atoms with Gasteiger partial charge in [0.25, 0.3) is 0 Å². The molecule has 0 saturated heterocycles. The second-order valence-electron chi connectivity index (χ2n) is 6.01. The number of nitrogens with zero attached hydrogens (tertiary/aromatic N) is 2. The van der Waals surface area contributed by atoms with E-state index in [0.717, 1.165) is 5.56 Å². The summed E-state index contributed by atoms with van der Waals surface area (Å²) >= 11 is 0. The maximum atomic E-state index is 10.6. The summed E-state index contributed by atoms with van der Waals surface area (Å²) < 4.78 is 16.8. The minimum Gasteiger partial charge on any atom is -0.493 e. The van der Waals surface area contributed by atoms with E-state index < -0.39 is 6.10 Å². The molecule has 2 unspecified atom stereocenters. The van der Waals surface area contributed by atoms with Crippen molar-refractivity contribution in [2.75, 3.05) is 25.7 Å². The van der Waals surface area contributed by atoms with E-state index in [1.54, 1.807) is 20.4 Å². The van der Waals surface area contributed by atoms with Gasteiger partial charge in [-0.15, -0.1) is 0 Å². The SMILES string of the molecule is COc1cc(Cc2cnc(N)nc2N)c2c(c1OC)OC(C)CC2O.O. The summed E-state index contributed by atoms with van der Waals surface area (Å²) in [6.45, 7) is 1.90. The molecule has 7 N–H and O–H groups in total. The molecule has 2 aromatic rings. The first-order valence-corrected chi connectivity index (χ1v) is 7.93. The van der Waals surface area contributed by atoms with Crippen molar-refractivity contribution in [3.8, 4) is 17.2 Å². The van der Waals surface area contributed by atoms with E-state index >= 15 is 0 Å². The van der Waals surface area contributed by atoms with Crippen LogP contribution in [0.5, 0.6) is 17.2 Å². The van der Waals surface area contributed by atoms with Crippen LogP contribution in [0.3, 0.4) is 0 Å². The molecule has 2 heterocycles. The third kappa shape index (κ3) is 3.44. The highest BCUT2D eigenvalue weighted by Crippen LogP contribution is 2.49. The van der Waals surface area contributed by atoms with Gasteiger partial charge in [-0.1, -0.05) is 0 Å². The van der Waals surface area contributed by atoms with E-state index in [1.165, 1.54) is 0 Å². The molecule has 9 heteroatoms. The number of nitrogen functional groups attached to an aromatic ring is 2. The van der Waals surface area contributed by atoms with Gasteiger partial charge in [0.1, 0.15) is 5.82 Å². The molecular formula is C17H24N4O5. The van der Waals surface area contributed by atoms with Gasteiger partial charge in [0.15, 0.2) is 11.5 Å². The summed E-state index contributed by atoms with van der Waals surface area (Å²) in [5.41, 5.74) is 13.7. The van der Waals surface area contributed by atoms with E-state index in [1.807, 2.05) is 13.0 Å². The lowest BCUT2D eigenvalue weighted by atomic mass is 9.91. The number of ether oxygens (including phenoxy) is 3. The van der Waals surface area contributed by atoms with Gasteiger partial charge in [0.05, 0.1) is 26.4 Å². The standard InChI is InChI=1S/C17H22N4O4.H2O/c1-8-4-11(22)13-9(5-10-7-20-17(19)21-16(10)18)6-12(23-2)14(24-3)15(13)25-8;/h6-8,11,22H,4-5H2,1-3H3,(H4,18,19,20,21);1H2. The van der Waals surface area contributed by atoms with E-state index in [9.17, 15) is 5.11 Å². The number of aliphatic hydroxyl groups excluding tert-OH is 1. The van der Waals surface area contributed by atoms with Gasteiger partial charge < -0.3 is 36.3 Å². The van der Waals surface area contributed by atoms with Crippen LogP contribution in [0.4, 0.5) is 11.8 Å². The molecule has 0 saturated carbocycles. The molecule has 2 atom stereocenters. The highest BCUT2D eigenvalue weighted by molar-refractivity contribution is 5.62. The molecule has 9 nitrogen and oxygen atoms in total. The molecule has 1 aromatic carbocycles. The molecule has 0 amide bonds. The number of fused-ring (bicyclic) bond motifs is 1. The fraction of sp³-hybridized carbons (Fsp3) is 0.412. The van der Waals surface area contributed by atoms with Gasteiger partial charge >= 0.3 is 0 Å². The Kier molecular flexibility index (Phi) is 5.73. The zero-order valence-electron chi connectivity index (χ0n) is 14.9. The Bertz CT molecular complexity index is 799. The smallest absolute Gasteiger partial charge is 0.221 e. The molecule has 0 radical (unpaired) electrons. The lowest BCUT2D eigenvalue weighted by molar-refractivity contribution is 0.0709. The van der Waals surface area contributed by atoms with Crippen LogP contribution in [0, 0.1) is 0 Å². The molecule has 0 fully saturated rings. The zero-order valence-corrected chi connectivity index (χ0v) is 14.9. The highest BCUT2D eigenvalue weighted by Gasteiger charge is 2.32. The number of methoxy groups -OCH3 is 2. The predicted octanol–water partition coefficient (Wildman–Crippen LogP) is 0.629. The Balaban J connectivity index is 0.00000243. The van der Waals surface area contributed by atoms with Crippen molar-refractivity contribution in [2.45, 2.75) is 32.0 Å². The highest BCUT2D eigenvalue weighted by atomic mass is 16.5. The van der Waals surface area contributed by atoms with Crippen molar-refractivity contribution >= 4 is 11.8 Å². The first kappa shape index (κ1) is 19.5. The number of benzene rings is 1. The largest absolute Gasteiger partial charge is 0.493 e. The number of hydrogen-bond donors (Lipinski definition) is 3. The fourth-order valence-corrected chi connectivity index (χ4v) is 3.11. The van der Waals surface area contributed by atoms with Crippen LogP contribution in [-0.2, 0) is 6.42 Å². The predicted molar refractivity (Wildman–Crippen MR) is 96.5 cm³/mol. The van der Waals surface area contributed by atoms with Crippen LogP contribution in [0.25, 0.3) is 0 Å². The number of aromatic nitrogens is 2. The molecule has 1 aromatic heterocycles. The van der Waals surface area contributed by atoms with Crippen LogP contribution < -0.4 is 25.7 Å². The number of anilines is 2. The lowest BCUT2D eigenvalue weighted by Crippen LogP contribution is -2.24. The van der Waals surface area contributed by atoms with Crippen molar-refractivity contribution in [1.29, 1.82) is 0 Å². The Hall–Kier alpha value is -2.78. The van der Waals surface area contributed by atoms with Crippen LogP contribution in [0.2, 0.25) is 0 Å². The molecule has 0 aliphatic carbocycles. The van der Waals surface area contributed by atoms with Gasteiger partial charge in [-0.05, 0) is 18.6 Å². The van der Waals surface area contributed by atoms with Gasteiger partial charge in [0.2, 0.25) is 11.7 Å². The van der Waals surface area contributed by atoms with E-state index in [4.69, 9.17) is 25.7 Å². The van der Waals surface area contributed by atoms with Crippen LogP contribution >= 0.6 is 0 Å². The van der Waals surface area contributed by atoms with E-state index in [0.29, 0.717) is 47.0 Å². The van der Waals surface area contributed by atoms with E-state index in [2.05, 4.69) is 9.97 Å². The topological polar surface area (TPSA) is 157 Å². The van der Waals surface area contributed by atoms with Gasteiger partial charge in [-0.25, -0.2) is 4.98 Å². The Morgan fingerprint density at radius 3 is 2.62 bits per heavy atom. The third-order valence-corrected chi connectivity index (χ3v) is 4.25. The molecule has 1 aliphatic rings. The number of hydrogen-bond acceptors (Lipinski definition) is 8. The average molecular weight is 364 g/mol. The Morgan fingerprint density at radius 1 is 1.27 bits per heavy atom. The van der Waals surface area contributed by atoms with Crippen molar-refractivity contribution < 1.29 is 24.8 Å². The van der Waals surface area contributed by atoms with Gasteiger partial charge in [-0.3, -0.25) is 0 Å². The zero-order chi connectivity index (χ0) is 18.1. The molecule has 0 spiro atoms. The summed E-state index contributed by atoms with van der Waals surface area (Å²) in [5, 5.41) is 10.6. The first-order valence-electron chi connectivity index (χ1n) is 7.93. The molecule has 0 bridgehead atoms. The number of rotatable bonds is 4. The first-order chi connectivity index (χ1) is 11.9. The van der Waals surface area contributed by atoms with Crippen molar-refractivity contribution in [3.05, 3.63) is 29.0 Å². The Labute approximate surface area is 151 Å². The fourth-order valence-electron chi connectivity index (χ4n) is 3.11. The van der Waals surface area contributed by atoms with E-state index in [-0.39, 0.29) is 17.5 Å². The molecular weight excluding hydrogens is 340 g/mol. The summed E-state index contributed by atoms with van der Waals surface area (Å²) in [4.78, 5) is 7.98. The molecule has 3 rings (SSSR count). The summed E-state index contributed by atoms with van der Waals surface area (Å²) in [6.07, 6.45) is 1.66. The van der Waals surface area contributed by atoms with Crippen LogP contribution in [-0.4, -0.2) is 40.9 Å². The minimum absolute atomic E-state index is 0. The van der Waals surface area contributed by atoms with Gasteiger partial charge in [-0.2, -0.15) is 4.98 Å². The quantitative estimate of drug-likeness (QED) is 0.712. The molecule has 142 valence electrons. The Morgan fingerprint density at radius 2 is 2.00 bits per heavy atom. The van der Waals surface area contributed by atoms with Gasteiger partial charge in [0, 0.05) is 30.2 Å².